The van der Waals surface area contributed by atoms with Gasteiger partial charge in [-0.15, -0.1) is 0 Å². The summed E-state index contributed by atoms with van der Waals surface area (Å²) in [6, 6.07) is 7.36. The molecule has 3 N–H and O–H groups in total. The number of aryl methyl sites for hydroxylation is 1. The van der Waals surface area contributed by atoms with Crippen molar-refractivity contribution in [2.24, 2.45) is 5.73 Å². The summed E-state index contributed by atoms with van der Waals surface area (Å²) < 4.78 is 5.28. The van der Waals surface area contributed by atoms with E-state index in [-0.39, 0.29) is 6.61 Å². The number of ether oxygens (including phenoxy) is 1. The zero-order valence-corrected chi connectivity index (χ0v) is 8.86. The molecule has 1 rings (SSSR count). The van der Waals surface area contributed by atoms with Crippen LogP contribution in [0.25, 0.3) is 0 Å². The topological polar surface area (TPSA) is 72.5 Å². The highest BCUT2D eigenvalue weighted by Gasteiger charge is 2.28. The standard InChI is InChI=1S/C11H15NO3/c1-8-3-5-9(6-4-8)15-7-11(2,12)10(13)14/h3-6H,7,12H2,1-2H3,(H,13,14). The molecule has 0 spiro atoms. The molecule has 1 atom stereocenters. The van der Waals surface area contributed by atoms with E-state index in [1.807, 2.05) is 19.1 Å². The maximum absolute atomic E-state index is 10.7. The summed E-state index contributed by atoms with van der Waals surface area (Å²) in [5.41, 5.74) is 5.28. The van der Waals surface area contributed by atoms with E-state index in [0.717, 1.165) is 5.56 Å². The first-order chi connectivity index (χ1) is 6.92. The number of hydrogen-bond donors (Lipinski definition) is 2. The molecule has 0 aromatic heterocycles. The molecular formula is C11H15NO3. The second-order valence-corrected chi connectivity index (χ2v) is 3.82. The van der Waals surface area contributed by atoms with Gasteiger partial charge in [0.1, 0.15) is 17.9 Å². The van der Waals surface area contributed by atoms with Gasteiger partial charge in [-0.05, 0) is 26.0 Å². The molecule has 0 saturated carbocycles. The Morgan fingerprint density at radius 3 is 2.47 bits per heavy atom. The highest BCUT2D eigenvalue weighted by atomic mass is 16.5. The zero-order chi connectivity index (χ0) is 11.5. The average molecular weight is 209 g/mol. The van der Waals surface area contributed by atoms with Gasteiger partial charge in [-0.3, -0.25) is 4.79 Å². The van der Waals surface area contributed by atoms with Crippen molar-refractivity contribution in [2.75, 3.05) is 6.61 Å². The number of rotatable bonds is 4. The van der Waals surface area contributed by atoms with Crippen LogP contribution in [-0.4, -0.2) is 23.2 Å². The van der Waals surface area contributed by atoms with Crippen LogP contribution in [0.4, 0.5) is 0 Å². The fourth-order valence-corrected chi connectivity index (χ4v) is 0.929. The Bertz CT molecular complexity index is 343. The highest BCUT2D eigenvalue weighted by molar-refractivity contribution is 5.78. The summed E-state index contributed by atoms with van der Waals surface area (Å²) >= 11 is 0. The van der Waals surface area contributed by atoms with E-state index in [4.69, 9.17) is 15.6 Å². The summed E-state index contributed by atoms with van der Waals surface area (Å²) in [6.07, 6.45) is 0. The first-order valence-corrected chi connectivity index (χ1v) is 4.63. The molecule has 1 unspecified atom stereocenters. The van der Waals surface area contributed by atoms with Crippen LogP contribution in [0.15, 0.2) is 24.3 Å². The summed E-state index contributed by atoms with van der Waals surface area (Å²) in [7, 11) is 0. The molecule has 0 fully saturated rings. The Labute approximate surface area is 88.7 Å². The van der Waals surface area contributed by atoms with Crippen molar-refractivity contribution in [1.29, 1.82) is 0 Å². The molecule has 4 heteroatoms. The van der Waals surface area contributed by atoms with Crippen LogP contribution in [0.5, 0.6) is 5.75 Å². The van der Waals surface area contributed by atoms with E-state index in [1.165, 1.54) is 6.92 Å². The minimum absolute atomic E-state index is 0.0502. The molecule has 0 radical (unpaired) electrons. The molecule has 0 bridgehead atoms. The number of benzene rings is 1. The van der Waals surface area contributed by atoms with Gasteiger partial charge in [0.25, 0.3) is 0 Å². The lowest BCUT2D eigenvalue weighted by molar-refractivity contribution is -0.143. The predicted molar refractivity (Wildman–Crippen MR) is 56.9 cm³/mol. The van der Waals surface area contributed by atoms with E-state index in [1.54, 1.807) is 12.1 Å². The van der Waals surface area contributed by atoms with Crippen molar-refractivity contribution < 1.29 is 14.6 Å². The van der Waals surface area contributed by atoms with Crippen LogP contribution in [0.3, 0.4) is 0 Å². The van der Waals surface area contributed by atoms with E-state index in [2.05, 4.69) is 0 Å². The Morgan fingerprint density at radius 1 is 1.47 bits per heavy atom. The van der Waals surface area contributed by atoms with Crippen LogP contribution in [0.2, 0.25) is 0 Å². The predicted octanol–water partition coefficient (Wildman–Crippen LogP) is 1.18. The van der Waals surface area contributed by atoms with Gasteiger partial charge in [-0.25, -0.2) is 0 Å². The normalized spacial score (nSPS) is 14.3. The van der Waals surface area contributed by atoms with Crippen LogP contribution in [-0.2, 0) is 4.79 Å². The Morgan fingerprint density at radius 2 is 2.00 bits per heavy atom. The van der Waals surface area contributed by atoms with Gasteiger partial charge >= 0.3 is 5.97 Å². The quantitative estimate of drug-likeness (QED) is 0.780. The Hall–Kier alpha value is -1.55. The van der Waals surface area contributed by atoms with Crippen molar-refractivity contribution >= 4 is 5.97 Å². The van der Waals surface area contributed by atoms with Gasteiger partial charge in [0.05, 0.1) is 0 Å². The lowest BCUT2D eigenvalue weighted by atomic mass is 10.1. The molecule has 82 valence electrons. The number of nitrogens with two attached hydrogens (primary N) is 1. The van der Waals surface area contributed by atoms with Gasteiger partial charge in [-0.1, -0.05) is 17.7 Å². The maximum atomic E-state index is 10.7. The summed E-state index contributed by atoms with van der Waals surface area (Å²) in [5.74, 6) is -0.451. The smallest absolute Gasteiger partial charge is 0.326 e. The van der Waals surface area contributed by atoms with Gasteiger partial charge < -0.3 is 15.6 Å². The molecular weight excluding hydrogens is 194 g/mol. The number of carboxylic acid groups (broad SMARTS) is 1. The van der Waals surface area contributed by atoms with Crippen LogP contribution in [0.1, 0.15) is 12.5 Å². The number of aliphatic carboxylic acids is 1. The van der Waals surface area contributed by atoms with Crippen molar-refractivity contribution in [1.82, 2.24) is 0 Å². The number of carboxylic acids is 1. The minimum Gasteiger partial charge on any atom is -0.491 e. The average Bonchev–Trinajstić information content (AvgIpc) is 2.17. The molecule has 1 aromatic rings. The Kier molecular flexibility index (Phi) is 3.31. The number of carbonyl (C=O) groups is 1. The zero-order valence-electron chi connectivity index (χ0n) is 8.86. The molecule has 15 heavy (non-hydrogen) atoms. The van der Waals surface area contributed by atoms with Gasteiger partial charge in [0.15, 0.2) is 0 Å². The second-order valence-electron chi connectivity index (χ2n) is 3.82. The lowest BCUT2D eigenvalue weighted by Gasteiger charge is -2.19. The number of hydrogen-bond acceptors (Lipinski definition) is 3. The molecule has 0 saturated heterocycles. The third kappa shape index (κ3) is 3.25. The van der Waals surface area contributed by atoms with Crippen molar-refractivity contribution in [3.63, 3.8) is 0 Å². The molecule has 4 nitrogen and oxygen atoms in total. The SMILES string of the molecule is Cc1ccc(OCC(C)(N)C(=O)O)cc1. The van der Waals surface area contributed by atoms with Crippen LogP contribution in [0, 0.1) is 6.92 Å². The second kappa shape index (κ2) is 4.31. The van der Waals surface area contributed by atoms with Gasteiger partial charge in [0.2, 0.25) is 0 Å². The lowest BCUT2D eigenvalue weighted by Crippen LogP contribution is -2.49. The van der Waals surface area contributed by atoms with E-state index in [9.17, 15) is 4.79 Å². The van der Waals surface area contributed by atoms with Crippen LogP contribution >= 0.6 is 0 Å². The molecule has 0 aliphatic carbocycles. The fourth-order valence-electron chi connectivity index (χ4n) is 0.929. The summed E-state index contributed by atoms with van der Waals surface area (Å²) in [6.45, 7) is 3.34. The molecule has 1 aromatic carbocycles. The van der Waals surface area contributed by atoms with E-state index >= 15 is 0 Å². The largest absolute Gasteiger partial charge is 0.491 e. The maximum Gasteiger partial charge on any atom is 0.326 e. The Balaban J connectivity index is 2.57. The third-order valence-electron chi connectivity index (χ3n) is 2.05. The molecule has 0 amide bonds. The summed E-state index contributed by atoms with van der Waals surface area (Å²) in [5, 5.41) is 8.76. The first-order valence-electron chi connectivity index (χ1n) is 4.63. The van der Waals surface area contributed by atoms with Crippen LogP contribution < -0.4 is 10.5 Å². The third-order valence-corrected chi connectivity index (χ3v) is 2.05. The molecule has 0 aliphatic rings. The minimum atomic E-state index is -1.36. The highest BCUT2D eigenvalue weighted by Crippen LogP contribution is 2.13. The summed E-state index contributed by atoms with van der Waals surface area (Å²) in [4.78, 5) is 10.7. The van der Waals surface area contributed by atoms with Crippen molar-refractivity contribution in [3.8, 4) is 5.75 Å². The van der Waals surface area contributed by atoms with E-state index in [0.29, 0.717) is 5.75 Å². The van der Waals surface area contributed by atoms with Crippen molar-refractivity contribution in [2.45, 2.75) is 19.4 Å². The fraction of sp³-hybridized carbons (Fsp3) is 0.364. The van der Waals surface area contributed by atoms with Gasteiger partial charge in [-0.2, -0.15) is 0 Å². The van der Waals surface area contributed by atoms with Crippen molar-refractivity contribution in [3.05, 3.63) is 29.8 Å². The van der Waals surface area contributed by atoms with E-state index < -0.39 is 11.5 Å². The molecule has 0 heterocycles. The monoisotopic (exact) mass is 209 g/mol. The molecule has 0 aliphatic heterocycles. The van der Waals surface area contributed by atoms with Gasteiger partial charge in [0, 0.05) is 0 Å². The first kappa shape index (κ1) is 11.5.